The van der Waals surface area contributed by atoms with Gasteiger partial charge in [-0.3, -0.25) is 9.78 Å². The van der Waals surface area contributed by atoms with E-state index in [9.17, 15) is 4.79 Å². The van der Waals surface area contributed by atoms with Crippen molar-refractivity contribution in [3.05, 3.63) is 77.2 Å². The number of fused-ring (bicyclic) bond motifs is 1. The van der Waals surface area contributed by atoms with Crippen LogP contribution in [0.25, 0.3) is 11.5 Å². The number of nitrogens with one attached hydrogen (secondary N) is 1. The van der Waals surface area contributed by atoms with Crippen molar-refractivity contribution in [2.75, 3.05) is 0 Å². The highest BCUT2D eigenvalue weighted by Gasteiger charge is 2.14. The zero-order chi connectivity index (χ0) is 17.1. The lowest BCUT2D eigenvalue weighted by Gasteiger charge is -2.16. The van der Waals surface area contributed by atoms with Gasteiger partial charge < -0.3 is 9.73 Å². The quantitative estimate of drug-likeness (QED) is 0.781. The lowest BCUT2D eigenvalue weighted by Crippen LogP contribution is -2.23. The third kappa shape index (κ3) is 3.33. The molecular weight excluding hydrogens is 312 g/mol. The number of nitrogens with zero attached hydrogens (tertiary/aromatic N) is 1. The second-order valence-electron chi connectivity index (χ2n) is 6.36. The maximum absolute atomic E-state index is 12.5. The summed E-state index contributed by atoms with van der Waals surface area (Å²) in [5.41, 5.74) is 5.12. The van der Waals surface area contributed by atoms with Crippen LogP contribution in [0.1, 0.15) is 39.9 Å². The third-order valence-corrected chi connectivity index (χ3v) is 4.70. The smallest absolute Gasteiger partial charge is 0.251 e. The Balaban J connectivity index is 1.50. The van der Waals surface area contributed by atoms with E-state index in [0.717, 1.165) is 29.7 Å². The number of rotatable bonds is 4. The first-order valence-electron chi connectivity index (χ1n) is 8.69. The van der Waals surface area contributed by atoms with Crippen LogP contribution in [0.15, 0.2) is 59.3 Å². The number of pyridine rings is 1. The lowest BCUT2D eigenvalue weighted by atomic mass is 9.90. The van der Waals surface area contributed by atoms with Crippen LogP contribution >= 0.6 is 0 Å². The Bertz CT molecular complexity index is 885. The van der Waals surface area contributed by atoms with Crippen molar-refractivity contribution in [3.63, 3.8) is 0 Å². The molecular formula is C21H20N2O2. The topological polar surface area (TPSA) is 55.1 Å². The number of benzene rings is 1. The number of hydrogen-bond donors (Lipinski definition) is 1. The fourth-order valence-electron chi connectivity index (χ4n) is 3.37. The highest BCUT2D eigenvalue weighted by molar-refractivity contribution is 5.94. The van der Waals surface area contributed by atoms with E-state index in [4.69, 9.17) is 4.42 Å². The predicted octanol–water partition coefficient (Wildman–Crippen LogP) is 4.15. The molecule has 1 amide bonds. The molecule has 0 atom stereocenters. The normalized spacial score (nSPS) is 13.3. The summed E-state index contributed by atoms with van der Waals surface area (Å²) in [6.07, 6.45) is 8.00. The predicted molar refractivity (Wildman–Crippen MR) is 96.2 cm³/mol. The number of aromatic nitrogens is 1. The molecule has 0 saturated heterocycles. The first-order chi connectivity index (χ1) is 12.3. The monoisotopic (exact) mass is 332 g/mol. The first kappa shape index (κ1) is 15.6. The molecule has 1 aliphatic rings. The van der Waals surface area contributed by atoms with Crippen molar-refractivity contribution in [2.24, 2.45) is 0 Å². The molecule has 4 nitrogen and oxygen atoms in total. The van der Waals surface area contributed by atoms with Crippen LogP contribution in [-0.4, -0.2) is 10.9 Å². The minimum Gasteiger partial charge on any atom is -0.463 e. The fourth-order valence-corrected chi connectivity index (χ4v) is 3.37. The summed E-state index contributed by atoms with van der Waals surface area (Å²) >= 11 is 0. The average Bonchev–Trinajstić information content (AvgIpc) is 3.20. The van der Waals surface area contributed by atoms with Crippen molar-refractivity contribution in [2.45, 2.75) is 32.2 Å². The van der Waals surface area contributed by atoms with E-state index in [-0.39, 0.29) is 5.91 Å². The summed E-state index contributed by atoms with van der Waals surface area (Å²) in [6, 6.07) is 13.6. The molecule has 1 N–H and O–H groups in total. The van der Waals surface area contributed by atoms with Crippen LogP contribution in [0.2, 0.25) is 0 Å². The molecule has 2 heterocycles. The molecule has 1 aliphatic carbocycles. The molecule has 3 aromatic rings. The van der Waals surface area contributed by atoms with Crippen molar-refractivity contribution in [1.82, 2.24) is 10.3 Å². The van der Waals surface area contributed by atoms with E-state index in [2.05, 4.69) is 16.4 Å². The van der Waals surface area contributed by atoms with Crippen LogP contribution in [0.5, 0.6) is 0 Å². The summed E-state index contributed by atoms with van der Waals surface area (Å²) in [4.78, 5) is 16.9. The van der Waals surface area contributed by atoms with Crippen molar-refractivity contribution in [1.29, 1.82) is 0 Å². The zero-order valence-electron chi connectivity index (χ0n) is 14.0. The Hall–Kier alpha value is -2.88. The highest BCUT2D eigenvalue weighted by Crippen LogP contribution is 2.23. The fraction of sp³-hybridized carbons (Fsp3) is 0.238. The van der Waals surface area contributed by atoms with E-state index < -0.39 is 0 Å². The molecule has 0 saturated carbocycles. The molecule has 126 valence electrons. The SMILES string of the molecule is O=C(NCc1cccnc1-c1ccco1)c1ccc2c(c1)CCCC2. The maximum Gasteiger partial charge on any atom is 0.251 e. The van der Waals surface area contributed by atoms with Gasteiger partial charge in [-0.25, -0.2) is 0 Å². The van der Waals surface area contributed by atoms with Crippen LogP contribution < -0.4 is 5.32 Å². The molecule has 0 bridgehead atoms. The molecule has 2 aromatic heterocycles. The lowest BCUT2D eigenvalue weighted by molar-refractivity contribution is 0.0951. The van der Waals surface area contributed by atoms with Gasteiger partial charge >= 0.3 is 0 Å². The number of aryl methyl sites for hydroxylation is 2. The highest BCUT2D eigenvalue weighted by atomic mass is 16.3. The molecule has 1 aromatic carbocycles. The van der Waals surface area contributed by atoms with Crippen LogP contribution in [0.4, 0.5) is 0 Å². The van der Waals surface area contributed by atoms with E-state index in [1.165, 1.54) is 24.0 Å². The summed E-state index contributed by atoms with van der Waals surface area (Å²) in [7, 11) is 0. The van der Waals surface area contributed by atoms with Crippen molar-refractivity contribution in [3.8, 4) is 11.5 Å². The largest absolute Gasteiger partial charge is 0.463 e. The van der Waals surface area contributed by atoms with Gasteiger partial charge in [-0.2, -0.15) is 0 Å². The van der Waals surface area contributed by atoms with E-state index in [1.54, 1.807) is 12.5 Å². The summed E-state index contributed by atoms with van der Waals surface area (Å²) in [5.74, 6) is 0.654. The second-order valence-corrected chi connectivity index (χ2v) is 6.36. The molecule has 4 rings (SSSR count). The Kier molecular flexibility index (Phi) is 4.34. The molecule has 0 radical (unpaired) electrons. The summed E-state index contributed by atoms with van der Waals surface area (Å²) in [6.45, 7) is 0.416. The Morgan fingerprint density at radius 3 is 2.80 bits per heavy atom. The third-order valence-electron chi connectivity index (χ3n) is 4.70. The van der Waals surface area contributed by atoms with Gasteiger partial charge in [-0.05, 0) is 67.1 Å². The number of carbonyl (C=O) groups is 1. The molecule has 0 aliphatic heterocycles. The Morgan fingerprint density at radius 1 is 1.08 bits per heavy atom. The zero-order valence-corrected chi connectivity index (χ0v) is 14.0. The van der Waals surface area contributed by atoms with Gasteiger partial charge in [-0.1, -0.05) is 12.1 Å². The average molecular weight is 332 g/mol. The number of amides is 1. The van der Waals surface area contributed by atoms with Gasteiger partial charge in [0.2, 0.25) is 0 Å². The van der Waals surface area contributed by atoms with E-state index in [0.29, 0.717) is 12.3 Å². The molecule has 0 spiro atoms. The minimum absolute atomic E-state index is 0.0531. The minimum atomic E-state index is -0.0531. The molecule has 4 heteroatoms. The maximum atomic E-state index is 12.5. The second kappa shape index (κ2) is 6.93. The van der Waals surface area contributed by atoms with Crippen molar-refractivity contribution >= 4 is 5.91 Å². The summed E-state index contributed by atoms with van der Waals surface area (Å²) in [5, 5.41) is 3.00. The molecule has 0 fully saturated rings. The first-order valence-corrected chi connectivity index (χ1v) is 8.69. The van der Waals surface area contributed by atoms with Gasteiger partial charge in [0.1, 0.15) is 5.69 Å². The Morgan fingerprint density at radius 2 is 1.96 bits per heavy atom. The Labute approximate surface area is 146 Å². The number of furan rings is 1. The van der Waals surface area contributed by atoms with Gasteiger partial charge in [0.25, 0.3) is 5.91 Å². The molecule has 0 unspecified atom stereocenters. The number of carbonyl (C=O) groups excluding carboxylic acids is 1. The standard InChI is InChI=1S/C21H20N2O2/c24-21(17-10-9-15-5-1-2-6-16(15)13-17)23-14-18-7-3-11-22-20(18)19-8-4-12-25-19/h3-4,7-13H,1-2,5-6,14H2,(H,23,24). The van der Waals surface area contributed by atoms with Gasteiger partial charge in [0.15, 0.2) is 5.76 Å². The van der Waals surface area contributed by atoms with Crippen LogP contribution in [0, 0.1) is 0 Å². The van der Waals surface area contributed by atoms with Crippen LogP contribution in [0.3, 0.4) is 0 Å². The van der Waals surface area contributed by atoms with E-state index in [1.807, 2.05) is 36.4 Å². The summed E-state index contributed by atoms with van der Waals surface area (Å²) < 4.78 is 5.44. The van der Waals surface area contributed by atoms with E-state index >= 15 is 0 Å². The van der Waals surface area contributed by atoms with Crippen LogP contribution in [-0.2, 0) is 19.4 Å². The van der Waals surface area contributed by atoms with Gasteiger partial charge in [0.05, 0.1) is 6.26 Å². The number of hydrogen-bond acceptors (Lipinski definition) is 3. The van der Waals surface area contributed by atoms with Gasteiger partial charge in [-0.15, -0.1) is 0 Å². The molecule has 25 heavy (non-hydrogen) atoms. The van der Waals surface area contributed by atoms with Crippen molar-refractivity contribution < 1.29 is 9.21 Å². The van der Waals surface area contributed by atoms with Gasteiger partial charge in [0, 0.05) is 23.9 Å².